The Morgan fingerprint density at radius 1 is 1.44 bits per heavy atom. The van der Waals surface area contributed by atoms with Crippen LogP contribution in [0.3, 0.4) is 0 Å². The van der Waals surface area contributed by atoms with E-state index < -0.39 is 0 Å². The molecule has 0 amide bonds. The van der Waals surface area contributed by atoms with Crippen molar-refractivity contribution in [1.82, 2.24) is 10.2 Å². The number of halogens is 1. The van der Waals surface area contributed by atoms with E-state index in [4.69, 9.17) is 0 Å². The predicted molar refractivity (Wildman–Crippen MR) is 80.8 cm³/mol. The summed E-state index contributed by atoms with van der Waals surface area (Å²) in [5, 5.41) is 3.69. The van der Waals surface area contributed by atoms with Gasteiger partial charge in [-0.3, -0.25) is 0 Å². The number of hydrogen-bond donors (Lipinski definition) is 1. The van der Waals surface area contributed by atoms with Gasteiger partial charge in [0.15, 0.2) is 0 Å². The number of nitrogens with one attached hydrogen (secondary N) is 1. The molecular weight excluding hydrogens is 288 g/mol. The second kappa shape index (κ2) is 6.18. The number of hydrogen-bond acceptors (Lipinski definition) is 2. The van der Waals surface area contributed by atoms with Gasteiger partial charge in [-0.2, -0.15) is 0 Å². The molecule has 1 saturated heterocycles. The molecule has 2 nitrogen and oxygen atoms in total. The third-order valence-electron chi connectivity index (χ3n) is 4.00. The number of aryl methyl sites for hydroxylation is 1. The smallest absolute Gasteiger partial charge is 0.0222 e. The Balaban J connectivity index is 1.88. The van der Waals surface area contributed by atoms with Crippen molar-refractivity contribution in [2.45, 2.75) is 45.3 Å². The fourth-order valence-corrected chi connectivity index (χ4v) is 3.16. The molecule has 0 spiro atoms. The summed E-state index contributed by atoms with van der Waals surface area (Å²) >= 11 is 3.65. The Kier molecular flexibility index (Phi) is 4.82. The van der Waals surface area contributed by atoms with E-state index in [1.165, 1.54) is 35.0 Å². The van der Waals surface area contributed by atoms with Crippen LogP contribution in [-0.4, -0.2) is 30.6 Å². The monoisotopic (exact) mass is 310 g/mol. The summed E-state index contributed by atoms with van der Waals surface area (Å²) in [5.74, 6) is 0. The van der Waals surface area contributed by atoms with Crippen molar-refractivity contribution < 1.29 is 0 Å². The lowest BCUT2D eigenvalue weighted by molar-refractivity contribution is 0.168. The normalized spacial score (nSPS) is 25.3. The fraction of sp³-hybridized carbons (Fsp3) is 0.600. The highest BCUT2D eigenvalue weighted by Crippen LogP contribution is 2.20. The standard InChI is InChI=1S/C15H23BrN2/c1-11-4-5-13(15(16)8-11)10-17-14-6-7-18(3)12(2)9-14/h4-5,8,12,14,17H,6-7,9-10H2,1-3H3. The summed E-state index contributed by atoms with van der Waals surface area (Å²) in [5.41, 5.74) is 2.66. The van der Waals surface area contributed by atoms with Gasteiger partial charge in [-0.15, -0.1) is 0 Å². The number of nitrogens with zero attached hydrogens (tertiary/aromatic N) is 1. The van der Waals surface area contributed by atoms with Crippen molar-refractivity contribution >= 4 is 15.9 Å². The van der Waals surface area contributed by atoms with Gasteiger partial charge in [-0.25, -0.2) is 0 Å². The highest BCUT2D eigenvalue weighted by atomic mass is 79.9. The lowest BCUT2D eigenvalue weighted by Crippen LogP contribution is -2.45. The van der Waals surface area contributed by atoms with Crippen LogP contribution in [0.1, 0.15) is 30.9 Å². The third-order valence-corrected chi connectivity index (χ3v) is 4.74. The summed E-state index contributed by atoms with van der Waals surface area (Å²) < 4.78 is 1.22. The second-order valence-corrected chi connectivity index (χ2v) is 6.38. The van der Waals surface area contributed by atoms with Crippen molar-refractivity contribution in [3.8, 4) is 0 Å². The zero-order valence-corrected chi connectivity index (χ0v) is 13.1. The van der Waals surface area contributed by atoms with Crippen LogP contribution in [0, 0.1) is 6.92 Å². The zero-order valence-electron chi connectivity index (χ0n) is 11.5. The van der Waals surface area contributed by atoms with Crippen LogP contribution in [0.2, 0.25) is 0 Å². The summed E-state index contributed by atoms with van der Waals surface area (Å²) in [4.78, 5) is 2.44. The first kappa shape index (κ1) is 14.0. The number of piperidine rings is 1. The molecule has 1 aliphatic heterocycles. The van der Waals surface area contributed by atoms with Crippen LogP contribution in [0.5, 0.6) is 0 Å². The van der Waals surface area contributed by atoms with Crippen molar-refractivity contribution in [3.05, 3.63) is 33.8 Å². The van der Waals surface area contributed by atoms with E-state index in [2.05, 4.69) is 65.2 Å². The summed E-state index contributed by atoms with van der Waals surface area (Å²) in [6, 6.07) is 7.93. The van der Waals surface area contributed by atoms with E-state index in [0.29, 0.717) is 12.1 Å². The minimum atomic E-state index is 0.657. The topological polar surface area (TPSA) is 15.3 Å². The fourth-order valence-electron chi connectivity index (χ4n) is 2.52. The molecule has 0 saturated carbocycles. The van der Waals surface area contributed by atoms with Crippen molar-refractivity contribution in [1.29, 1.82) is 0 Å². The molecule has 0 aromatic heterocycles. The second-order valence-electron chi connectivity index (χ2n) is 5.53. The van der Waals surface area contributed by atoms with Crippen LogP contribution in [0.25, 0.3) is 0 Å². The molecule has 2 rings (SSSR count). The molecule has 1 fully saturated rings. The maximum atomic E-state index is 3.69. The quantitative estimate of drug-likeness (QED) is 0.921. The molecule has 2 atom stereocenters. The maximum Gasteiger partial charge on any atom is 0.0222 e. The number of benzene rings is 1. The van der Waals surface area contributed by atoms with Gasteiger partial charge < -0.3 is 10.2 Å². The van der Waals surface area contributed by atoms with Gasteiger partial charge in [-0.05, 0) is 57.5 Å². The van der Waals surface area contributed by atoms with E-state index in [9.17, 15) is 0 Å². The lowest BCUT2D eigenvalue weighted by Gasteiger charge is -2.35. The van der Waals surface area contributed by atoms with E-state index >= 15 is 0 Å². The van der Waals surface area contributed by atoms with Crippen LogP contribution in [0.15, 0.2) is 22.7 Å². The van der Waals surface area contributed by atoms with E-state index in [0.717, 1.165) is 6.54 Å². The van der Waals surface area contributed by atoms with Crippen molar-refractivity contribution in [2.24, 2.45) is 0 Å². The minimum Gasteiger partial charge on any atom is -0.310 e. The summed E-state index contributed by atoms with van der Waals surface area (Å²) in [6.45, 7) is 6.60. The van der Waals surface area contributed by atoms with Crippen molar-refractivity contribution in [2.75, 3.05) is 13.6 Å². The zero-order chi connectivity index (χ0) is 13.1. The highest BCUT2D eigenvalue weighted by molar-refractivity contribution is 9.10. The Morgan fingerprint density at radius 3 is 2.89 bits per heavy atom. The molecule has 0 aliphatic carbocycles. The largest absolute Gasteiger partial charge is 0.310 e. The van der Waals surface area contributed by atoms with Crippen LogP contribution >= 0.6 is 15.9 Å². The Labute approximate surface area is 119 Å². The van der Waals surface area contributed by atoms with Crippen LogP contribution in [-0.2, 0) is 6.54 Å². The Morgan fingerprint density at radius 2 is 2.22 bits per heavy atom. The van der Waals surface area contributed by atoms with E-state index in [1.54, 1.807) is 0 Å². The molecule has 2 unspecified atom stereocenters. The first-order chi connectivity index (χ1) is 8.56. The maximum absolute atomic E-state index is 3.69. The molecular formula is C15H23BrN2. The molecule has 0 radical (unpaired) electrons. The molecule has 1 aliphatic rings. The van der Waals surface area contributed by atoms with Gasteiger partial charge in [0.2, 0.25) is 0 Å². The highest BCUT2D eigenvalue weighted by Gasteiger charge is 2.22. The molecule has 3 heteroatoms. The molecule has 1 aromatic rings. The third kappa shape index (κ3) is 3.56. The van der Waals surface area contributed by atoms with Gasteiger partial charge in [0.1, 0.15) is 0 Å². The summed E-state index contributed by atoms with van der Waals surface area (Å²) in [6.07, 6.45) is 2.50. The lowest BCUT2D eigenvalue weighted by atomic mass is 9.98. The van der Waals surface area contributed by atoms with Gasteiger partial charge in [0.05, 0.1) is 0 Å². The SMILES string of the molecule is Cc1ccc(CNC2CCN(C)C(C)C2)c(Br)c1. The van der Waals surface area contributed by atoms with Crippen molar-refractivity contribution in [3.63, 3.8) is 0 Å². The van der Waals surface area contributed by atoms with Gasteiger partial charge >= 0.3 is 0 Å². The first-order valence-electron chi connectivity index (χ1n) is 6.75. The average molecular weight is 311 g/mol. The molecule has 100 valence electrons. The number of likely N-dealkylation sites (tertiary alicyclic amines) is 1. The van der Waals surface area contributed by atoms with E-state index in [-0.39, 0.29) is 0 Å². The average Bonchev–Trinajstić information content (AvgIpc) is 2.32. The molecule has 1 aromatic carbocycles. The van der Waals surface area contributed by atoms with Gasteiger partial charge in [-0.1, -0.05) is 28.1 Å². The van der Waals surface area contributed by atoms with Crippen LogP contribution < -0.4 is 5.32 Å². The van der Waals surface area contributed by atoms with Gasteiger partial charge in [0.25, 0.3) is 0 Å². The molecule has 1 N–H and O–H groups in total. The Hall–Kier alpha value is -0.380. The summed E-state index contributed by atoms with van der Waals surface area (Å²) in [7, 11) is 2.22. The van der Waals surface area contributed by atoms with Crippen LogP contribution in [0.4, 0.5) is 0 Å². The molecule has 18 heavy (non-hydrogen) atoms. The Bertz CT molecular complexity index is 405. The molecule has 0 bridgehead atoms. The molecule has 1 heterocycles. The number of rotatable bonds is 3. The predicted octanol–water partition coefficient (Wildman–Crippen LogP) is 3.33. The van der Waals surface area contributed by atoms with Gasteiger partial charge in [0, 0.05) is 23.1 Å². The minimum absolute atomic E-state index is 0.657. The first-order valence-corrected chi connectivity index (χ1v) is 7.54. The van der Waals surface area contributed by atoms with E-state index in [1.807, 2.05) is 0 Å².